The van der Waals surface area contributed by atoms with Crippen molar-refractivity contribution >= 4 is 32.5 Å². The van der Waals surface area contributed by atoms with Crippen LogP contribution in [0.15, 0.2) is 41.6 Å². The van der Waals surface area contributed by atoms with E-state index in [0.29, 0.717) is 12.6 Å². The van der Waals surface area contributed by atoms with Gasteiger partial charge in [0, 0.05) is 34.6 Å². The highest BCUT2D eigenvalue weighted by Crippen LogP contribution is 2.33. The number of hydrogen-bond donors (Lipinski definition) is 2. The second-order valence-electron chi connectivity index (χ2n) is 7.53. The van der Waals surface area contributed by atoms with Crippen LogP contribution in [0.25, 0.3) is 21.1 Å². The van der Waals surface area contributed by atoms with Crippen molar-refractivity contribution in [2.45, 2.75) is 45.2 Å². The molecule has 4 aromatic rings. The molecule has 3 aromatic heterocycles. The standard InChI is InChI=1S/C22H24N4OS/c1-2-23-15-7-8-17-19(11-15)28-21-20(17)22(27)26(13-25-21)10-9-14-12-24-18-6-4-3-5-16(14)18/h3-6,12-13,15,23-24H,2,7-11H2,1H3. The van der Waals surface area contributed by atoms with Crippen LogP contribution >= 0.6 is 11.3 Å². The zero-order valence-electron chi connectivity index (χ0n) is 16.0. The zero-order chi connectivity index (χ0) is 19.1. The molecule has 28 heavy (non-hydrogen) atoms. The van der Waals surface area contributed by atoms with Crippen LogP contribution in [-0.2, 0) is 25.8 Å². The highest BCUT2D eigenvalue weighted by molar-refractivity contribution is 7.18. The van der Waals surface area contributed by atoms with E-state index in [2.05, 4.69) is 46.6 Å². The van der Waals surface area contributed by atoms with E-state index in [1.54, 1.807) is 22.2 Å². The second kappa shape index (κ2) is 7.18. The van der Waals surface area contributed by atoms with E-state index in [9.17, 15) is 4.79 Å². The summed E-state index contributed by atoms with van der Waals surface area (Å²) in [6.45, 7) is 3.78. The van der Waals surface area contributed by atoms with Crippen molar-refractivity contribution in [2.75, 3.05) is 6.54 Å². The molecule has 5 nitrogen and oxygen atoms in total. The highest BCUT2D eigenvalue weighted by Gasteiger charge is 2.24. The third kappa shape index (κ3) is 2.97. The summed E-state index contributed by atoms with van der Waals surface area (Å²) in [4.78, 5) is 23.4. The first kappa shape index (κ1) is 17.6. The van der Waals surface area contributed by atoms with Gasteiger partial charge in [-0.1, -0.05) is 25.1 Å². The van der Waals surface area contributed by atoms with Crippen molar-refractivity contribution in [3.63, 3.8) is 0 Å². The first-order chi connectivity index (χ1) is 13.7. The van der Waals surface area contributed by atoms with Gasteiger partial charge in [0.1, 0.15) is 4.83 Å². The molecule has 0 fully saturated rings. The summed E-state index contributed by atoms with van der Waals surface area (Å²) in [5.41, 5.74) is 3.74. The number of benzene rings is 1. The largest absolute Gasteiger partial charge is 0.361 e. The van der Waals surface area contributed by atoms with Gasteiger partial charge in [0.15, 0.2) is 0 Å². The maximum atomic E-state index is 13.2. The molecule has 0 radical (unpaired) electrons. The number of fused-ring (bicyclic) bond motifs is 4. The quantitative estimate of drug-likeness (QED) is 0.545. The molecular weight excluding hydrogens is 368 g/mol. The highest BCUT2D eigenvalue weighted by atomic mass is 32.1. The van der Waals surface area contributed by atoms with Gasteiger partial charge in [-0.3, -0.25) is 9.36 Å². The molecule has 0 bridgehead atoms. The molecule has 1 unspecified atom stereocenters. The Hall–Kier alpha value is -2.44. The summed E-state index contributed by atoms with van der Waals surface area (Å²) in [5.74, 6) is 0. The first-order valence-electron chi connectivity index (χ1n) is 10.0. The number of para-hydroxylation sites is 1. The average molecular weight is 393 g/mol. The van der Waals surface area contributed by atoms with E-state index in [-0.39, 0.29) is 5.56 Å². The summed E-state index contributed by atoms with van der Waals surface area (Å²) in [7, 11) is 0. The molecule has 3 heterocycles. The minimum absolute atomic E-state index is 0.115. The molecule has 0 spiro atoms. The van der Waals surface area contributed by atoms with Gasteiger partial charge < -0.3 is 10.3 Å². The molecule has 6 heteroatoms. The van der Waals surface area contributed by atoms with E-state index in [1.165, 1.54) is 21.4 Å². The predicted octanol–water partition coefficient (Wildman–Crippen LogP) is 3.65. The lowest BCUT2D eigenvalue weighted by Crippen LogP contribution is -2.34. The number of nitrogens with zero attached hydrogens (tertiary/aromatic N) is 2. The molecule has 0 amide bonds. The molecule has 1 aliphatic rings. The predicted molar refractivity (Wildman–Crippen MR) is 115 cm³/mol. The Morgan fingerprint density at radius 3 is 3.14 bits per heavy atom. The van der Waals surface area contributed by atoms with Crippen LogP contribution in [0.5, 0.6) is 0 Å². The lowest BCUT2D eigenvalue weighted by atomic mass is 9.93. The fourth-order valence-corrected chi connectivity index (χ4v) is 5.66. The van der Waals surface area contributed by atoms with Gasteiger partial charge in [-0.25, -0.2) is 4.98 Å². The SMILES string of the molecule is CCNC1CCc2c(sc3ncn(CCc4c[nH]c5ccccc45)c(=O)c23)C1. The number of rotatable bonds is 5. The molecule has 1 aromatic carbocycles. The van der Waals surface area contributed by atoms with Crippen molar-refractivity contribution in [1.29, 1.82) is 0 Å². The minimum Gasteiger partial charge on any atom is -0.361 e. The Kier molecular flexibility index (Phi) is 4.53. The van der Waals surface area contributed by atoms with E-state index in [0.717, 1.165) is 48.0 Å². The number of thiophene rings is 1. The summed E-state index contributed by atoms with van der Waals surface area (Å²) in [6, 6.07) is 8.82. The Balaban J connectivity index is 1.45. The van der Waals surface area contributed by atoms with Gasteiger partial charge in [-0.2, -0.15) is 0 Å². The molecule has 144 valence electrons. The summed E-state index contributed by atoms with van der Waals surface area (Å²) in [5, 5.41) is 5.63. The fraction of sp³-hybridized carbons (Fsp3) is 0.364. The van der Waals surface area contributed by atoms with Crippen LogP contribution in [0.3, 0.4) is 0 Å². The third-order valence-corrected chi connectivity index (χ3v) is 6.99. The monoisotopic (exact) mass is 392 g/mol. The van der Waals surface area contributed by atoms with Crippen molar-refractivity contribution in [2.24, 2.45) is 0 Å². The van der Waals surface area contributed by atoms with Gasteiger partial charge in [-0.05, 0) is 49.4 Å². The van der Waals surface area contributed by atoms with Crippen LogP contribution in [-0.4, -0.2) is 27.1 Å². The van der Waals surface area contributed by atoms with Crippen LogP contribution in [0, 0.1) is 0 Å². The first-order valence-corrected chi connectivity index (χ1v) is 10.8. The zero-order valence-corrected chi connectivity index (χ0v) is 16.8. The van der Waals surface area contributed by atoms with Crippen LogP contribution in [0.1, 0.15) is 29.3 Å². The molecule has 0 aliphatic heterocycles. The summed E-state index contributed by atoms with van der Waals surface area (Å²) < 4.78 is 1.79. The van der Waals surface area contributed by atoms with Gasteiger partial charge >= 0.3 is 0 Å². The van der Waals surface area contributed by atoms with E-state index in [4.69, 9.17) is 0 Å². The van der Waals surface area contributed by atoms with Gasteiger partial charge in [0.25, 0.3) is 5.56 Å². The van der Waals surface area contributed by atoms with Crippen LogP contribution < -0.4 is 10.9 Å². The van der Waals surface area contributed by atoms with E-state index < -0.39 is 0 Å². The topological polar surface area (TPSA) is 62.7 Å². The normalized spacial score (nSPS) is 16.7. The third-order valence-electron chi connectivity index (χ3n) is 5.83. The number of aryl methyl sites for hydroxylation is 3. The molecule has 0 saturated heterocycles. The van der Waals surface area contributed by atoms with Gasteiger partial charge in [0.2, 0.25) is 0 Å². The maximum Gasteiger partial charge on any atom is 0.262 e. The van der Waals surface area contributed by atoms with Crippen molar-refractivity contribution in [1.82, 2.24) is 19.9 Å². The molecule has 0 saturated carbocycles. The second-order valence-corrected chi connectivity index (χ2v) is 8.62. The van der Waals surface area contributed by atoms with Crippen molar-refractivity contribution < 1.29 is 0 Å². The fourth-order valence-electron chi connectivity index (χ4n) is 4.40. The molecule has 1 aliphatic carbocycles. The van der Waals surface area contributed by atoms with Gasteiger partial charge in [-0.15, -0.1) is 11.3 Å². The van der Waals surface area contributed by atoms with Gasteiger partial charge in [0.05, 0.1) is 11.7 Å². The van der Waals surface area contributed by atoms with Crippen LogP contribution in [0.2, 0.25) is 0 Å². The number of H-pyrrole nitrogens is 1. The molecule has 5 rings (SSSR count). The minimum atomic E-state index is 0.115. The Morgan fingerprint density at radius 1 is 1.36 bits per heavy atom. The molecule has 2 N–H and O–H groups in total. The Labute approximate surface area is 167 Å². The summed E-state index contributed by atoms with van der Waals surface area (Å²) in [6.07, 6.45) is 7.66. The van der Waals surface area contributed by atoms with Crippen molar-refractivity contribution in [3.8, 4) is 0 Å². The van der Waals surface area contributed by atoms with E-state index in [1.807, 2.05) is 6.07 Å². The number of nitrogens with one attached hydrogen (secondary N) is 2. The lowest BCUT2D eigenvalue weighted by molar-refractivity contribution is 0.476. The number of aromatic amines is 1. The lowest BCUT2D eigenvalue weighted by Gasteiger charge is -2.22. The molecule has 1 atom stereocenters. The Bertz CT molecular complexity index is 1200. The Morgan fingerprint density at radius 2 is 2.25 bits per heavy atom. The number of hydrogen-bond acceptors (Lipinski definition) is 4. The van der Waals surface area contributed by atoms with Crippen molar-refractivity contribution in [3.05, 3.63) is 63.1 Å². The summed E-state index contributed by atoms with van der Waals surface area (Å²) >= 11 is 1.70. The number of aromatic nitrogens is 3. The van der Waals surface area contributed by atoms with E-state index >= 15 is 0 Å². The molecular formula is C22H24N4OS. The average Bonchev–Trinajstić information content (AvgIpc) is 3.29. The smallest absolute Gasteiger partial charge is 0.262 e. The maximum absolute atomic E-state index is 13.2. The van der Waals surface area contributed by atoms with Crippen LogP contribution in [0.4, 0.5) is 0 Å². The number of likely N-dealkylation sites (N-methyl/N-ethyl adjacent to an activating group) is 1.